The highest BCUT2D eigenvalue weighted by Crippen LogP contribution is 2.66. The fraction of sp³-hybridized carbons (Fsp3) is 0.778. The fourth-order valence-electron chi connectivity index (χ4n) is 7.72. The second-order valence-electron chi connectivity index (χ2n) is 12.5. The molecular formula is C27H39NO4. The van der Waals surface area contributed by atoms with Gasteiger partial charge in [0.2, 0.25) is 0 Å². The van der Waals surface area contributed by atoms with Gasteiger partial charge in [0.1, 0.15) is 6.10 Å². The number of piperidine rings is 1. The highest BCUT2D eigenvalue weighted by Gasteiger charge is 2.69. The van der Waals surface area contributed by atoms with E-state index in [9.17, 15) is 10.2 Å². The molecule has 5 nitrogen and oxygen atoms in total. The molecule has 3 fully saturated rings. The van der Waals surface area contributed by atoms with Gasteiger partial charge < -0.3 is 19.7 Å². The zero-order valence-corrected chi connectivity index (χ0v) is 20.2. The highest BCUT2D eigenvalue weighted by molar-refractivity contribution is 5.61. The summed E-state index contributed by atoms with van der Waals surface area (Å²) in [6, 6.07) is 4.73. The van der Waals surface area contributed by atoms with Gasteiger partial charge in [-0.3, -0.25) is 4.90 Å². The summed E-state index contributed by atoms with van der Waals surface area (Å²) in [7, 11) is 1.70. The lowest BCUT2D eigenvalue weighted by Crippen LogP contribution is -2.71. The topological polar surface area (TPSA) is 62.2 Å². The van der Waals surface area contributed by atoms with Crippen molar-refractivity contribution in [2.45, 2.75) is 89.1 Å². The van der Waals surface area contributed by atoms with Gasteiger partial charge in [-0.2, -0.15) is 0 Å². The molecule has 0 radical (unpaired) electrons. The van der Waals surface area contributed by atoms with E-state index in [1.165, 1.54) is 30.5 Å². The van der Waals surface area contributed by atoms with Gasteiger partial charge in [0.15, 0.2) is 11.5 Å². The molecule has 0 aromatic heterocycles. The van der Waals surface area contributed by atoms with Crippen molar-refractivity contribution in [1.82, 2.24) is 4.90 Å². The first-order chi connectivity index (χ1) is 15.1. The number of likely N-dealkylation sites (tertiary alicyclic amines) is 1. The van der Waals surface area contributed by atoms with Gasteiger partial charge in [-0.1, -0.05) is 26.8 Å². The van der Waals surface area contributed by atoms with Crippen molar-refractivity contribution in [2.24, 2.45) is 23.2 Å². The van der Waals surface area contributed by atoms with Crippen molar-refractivity contribution in [3.8, 4) is 11.5 Å². The first-order valence-electron chi connectivity index (χ1n) is 12.6. The van der Waals surface area contributed by atoms with Crippen LogP contribution in [0, 0.1) is 23.2 Å². The van der Waals surface area contributed by atoms with Crippen molar-refractivity contribution in [1.29, 1.82) is 0 Å². The molecule has 0 amide bonds. The zero-order valence-electron chi connectivity index (χ0n) is 20.2. The Hall–Kier alpha value is -1.30. The Morgan fingerprint density at radius 3 is 2.62 bits per heavy atom. The van der Waals surface area contributed by atoms with Crippen LogP contribution in [0.4, 0.5) is 0 Å². The molecule has 2 unspecified atom stereocenters. The number of hydrogen-bond donors (Lipinski definition) is 2. The Morgan fingerprint density at radius 1 is 1.22 bits per heavy atom. The van der Waals surface area contributed by atoms with Crippen LogP contribution in [0.5, 0.6) is 11.5 Å². The molecular weight excluding hydrogens is 402 g/mol. The Kier molecular flexibility index (Phi) is 4.41. The van der Waals surface area contributed by atoms with Crippen LogP contribution in [0.25, 0.3) is 0 Å². The van der Waals surface area contributed by atoms with Crippen molar-refractivity contribution in [3.63, 3.8) is 0 Å². The molecule has 2 bridgehead atoms. The summed E-state index contributed by atoms with van der Waals surface area (Å²) in [5.41, 5.74) is 1.17. The summed E-state index contributed by atoms with van der Waals surface area (Å²) >= 11 is 0. The van der Waals surface area contributed by atoms with Crippen LogP contribution in [0.15, 0.2) is 12.1 Å². The van der Waals surface area contributed by atoms with E-state index in [1.54, 1.807) is 7.11 Å². The molecule has 1 aromatic carbocycles. The maximum atomic E-state index is 11.8. The van der Waals surface area contributed by atoms with Crippen LogP contribution in [-0.4, -0.2) is 59.2 Å². The predicted molar refractivity (Wildman–Crippen MR) is 123 cm³/mol. The van der Waals surface area contributed by atoms with Crippen LogP contribution in [-0.2, 0) is 11.8 Å². The lowest BCUT2D eigenvalue weighted by atomic mass is 9.47. The van der Waals surface area contributed by atoms with Crippen molar-refractivity contribution in [3.05, 3.63) is 23.3 Å². The number of nitrogens with zero attached hydrogens (tertiary/aromatic N) is 1. The summed E-state index contributed by atoms with van der Waals surface area (Å²) in [5.74, 6) is 2.63. The van der Waals surface area contributed by atoms with E-state index in [-0.39, 0.29) is 22.9 Å². The predicted octanol–water partition coefficient (Wildman–Crippen LogP) is 3.53. The molecule has 2 heterocycles. The second-order valence-corrected chi connectivity index (χ2v) is 12.5. The molecule has 6 rings (SSSR count). The average molecular weight is 442 g/mol. The Morgan fingerprint density at radius 2 is 1.97 bits per heavy atom. The van der Waals surface area contributed by atoms with E-state index >= 15 is 0 Å². The molecule has 1 saturated heterocycles. The summed E-state index contributed by atoms with van der Waals surface area (Å²) in [5, 5.41) is 23.5. The number of ether oxygens (including phenoxy) is 2. The number of methoxy groups -OCH3 is 1. The molecule has 1 spiro atoms. The van der Waals surface area contributed by atoms with Crippen LogP contribution in [0.3, 0.4) is 0 Å². The third kappa shape index (κ3) is 2.62. The second kappa shape index (κ2) is 6.64. The molecule has 7 atom stereocenters. The molecule has 5 aliphatic rings. The van der Waals surface area contributed by atoms with E-state index < -0.39 is 11.7 Å². The maximum absolute atomic E-state index is 11.8. The van der Waals surface area contributed by atoms with E-state index in [0.717, 1.165) is 43.2 Å². The van der Waals surface area contributed by atoms with Gasteiger partial charge in [0.25, 0.3) is 0 Å². The number of benzene rings is 1. The number of aliphatic hydroxyl groups excluding tert-OH is 1. The SMILES string of the molecule is COc1ccc2c3c1OC1[C@H](O)[C@@H]([C@](C)(O)C(C)(C)C)CC4[C@@H](C2)N(CC2CC2)CC[C@@]341. The number of aliphatic hydroxyl groups is 2. The smallest absolute Gasteiger partial charge is 0.165 e. The molecule has 5 heteroatoms. The van der Waals surface area contributed by atoms with E-state index in [0.29, 0.717) is 12.0 Å². The first-order valence-corrected chi connectivity index (χ1v) is 12.6. The Labute approximate surface area is 192 Å². The standard InChI is InChI=1S/C27H39NO4/c1-25(2,3)26(4,30)18-13-17-19-12-16-8-9-20(31-5)23-21(16)27(17,24(32-23)22(18)29)10-11-28(19)14-15-6-7-15/h8-9,15,17-19,22,24,29-30H,6-7,10-14H2,1-5H3/t17?,18-,19+,22+,24?,26-,27-/m0/s1. The highest BCUT2D eigenvalue weighted by atomic mass is 16.5. The quantitative estimate of drug-likeness (QED) is 0.749. The van der Waals surface area contributed by atoms with Crippen molar-refractivity contribution in [2.75, 3.05) is 20.2 Å². The monoisotopic (exact) mass is 441 g/mol. The van der Waals surface area contributed by atoms with E-state index in [2.05, 4.69) is 31.7 Å². The van der Waals surface area contributed by atoms with E-state index in [4.69, 9.17) is 9.47 Å². The lowest BCUT2D eigenvalue weighted by molar-refractivity contribution is -0.198. The third-order valence-corrected chi connectivity index (χ3v) is 10.1. The molecule has 2 saturated carbocycles. The molecule has 176 valence electrons. The lowest BCUT2D eigenvalue weighted by Gasteiger charge is -2.62. The van der Waals surface area contributed by atoms with Gasteiger partial charge in [0, 0.05) is 29.5 Å². The van der Waals surface area contributed by atoms with Crippen LogP contribution < -0.4 is 9.47 Å². The van der Waals surface area contributed by atoms with Gasteiger partial charge in [-0.25, -0.2) is 0 Å². The minimum Gasteiger partial charge on any atom is -0.493 e. The van der Waals surface area contributed by atoms with Gasteiger partial charge in [0.05, 0.1) is 18.8 Å². The van der Waals surface area contributed by atoms with Gasteiger partial charge in [-0.05, 0) is 74.5 Å². The van der Waals surface area contributed by atoms with Crippen molar-refractivity contribution >= 4 is 0 Å². The number of hydrogen-bond acceptors (Lipinski definition) is 5. The van der Waals surface area contributed by atoms with Gasteiger partial charge >= 0.3 is 0 Å². The maximum Gasteiger partial charge on any atom is 0.165 e. The zero-order chi connectivity index (χ0) is 22.6. The van der Waals surface area contributed by atoms with Crippen LogP contribution >= 0.6 is 0 Å². The summed E-state index contributed by atoms with van der Waals surface area (Å²) < 4.78 is 12.4. The largest absolute Gasteiger partial charge is 0.493 e. The summed E-state index contributed by atoms with van der Waals surface area (Å²) in [4.78, 5) is 2.75. The number of rotatable bonds is 4. The molecule has 2 aliphatic heterocycles. The van der Waals surface area contributed by atoms with E-state index in [1.807, 2.05) is 13.0 Å². The molecule has 3 aliphatic carbocycles. The third-order valence-electron chi connectivity index (χ3n) is 10.1. The summed E-state index contributed by atoms with van der Waals surface area (Å²) in [6.45, 7) is 10.4. The average Bonchev–Trinajstić information content (AvgIpc) is 3.48. The summed E-state index contributed by atoms with van der Waals surface area (Å²) in [6.07, 6.45) is 4.58. The Balaban J connectivity index is 1.50. The van der Waals surface area contributed by atoms with Crippen LogP contribution in [0.1, 0.15) is 64.5 Å². The fourth-order valence-corrected chi connectivity index (χ4v) is 7.72. The minimum atomic E-state index is -0.994. The normalized spacial score (nSPS) is 39.8. The molecule has 2 N–H and O–H groups in total. The minimum absolute atomic E-state index is 0.175. The first kappa shape index (κ1) is 21.2. The van der Waals surface area contributed by atoms with Crippen LogP contribution in [0.2, 0.25) is 0 Å². The molecule has 1 aromatic rings. The Bertz CT molecular complexity index is 932. The van der Waals surface area contributed by atoms with Gasteiger partial charge in [-0.15, -0.1) is 0 Å². The molecule has 32 heavy (non-hydrogen) atoms. The van der Waals surface area contributed by atoms with Crippen molar-refractivity contribution < 1.29 is 19.7 Å².